The predicted molar refractivity (Wildman–Crippen MR) is 64.0 cm³/mol. The van der Waals surface area contributed by atoms with Gasteiger partial charge < -0.3 is 4.66 Å². The van der Waals surface area contributed by atoms with E-state index in [-0.39, 0.29) is 5.69 Å². The SMILES string of the molecule is C[Si](C)(C)/N=C/c1ccc([N+](=O)[O-])cc1. The standard InChI is InChI=1S/C10H14N2O2Si/c1-15(2,3)11-8-9-4-6-10(7-5-9)12(13)14/h4-8H,1-3H3/b11-8+. The van der Waals surface area contributed by atoms with Crippen LogP contribution in [0.15, 0.2) is 28.9 Å². The lowest BCUT2D eigenvalue weighted by molar-refractivity contribution is -0.384. The van der Waals surface area contributed by atoms with E-state index in [1.807, 2.05) is 0 Å². The van der Waals surface area contributed by atoms with Crippen LogP contribution in [0.2, 0.25) is 19.6 Å². The highest BCUT2D eigenvalue weighted by molar-refractivity contribution is 6.75. The number of hydrogen-bond donors (Lipinski definition) is 0. The van der Waals surface area contributed by atoms with E-state index >= 15 is 0 Å². The van der Waals surface area contributed by atoms with Gasteiger partial charge in [0.15, 0.2) is 8.24 Å². The summed E-state index contributed by atoms with van der Waals surface area (Å²) in [5, 5.41) is 10.4. The molecule has 0 spiro atoms. The summed E-state index contributed by atoms with van der Waals surface area (Å²) in [6.45, 7) is 6.40. The molecule has 0 aliphatic heterocycles. The van der Waals surface area contributed by atoms with Crippen molar-refractivity contribution in [3.63, 3.8) is 0 Å². The van der Waals surface area contributed by atoms with Crippen LogP contribution in [0.1, 0.15) is 5.56 Å². The fourth-order valence-corrected chi connectivity index (χ4v) is 1.49. The first-order valence-corrected chi connectivity index (χ1v) is 8.13. The van der Waals surface area contributed by atoms with E-state index in [1.165, 1.54) is 12.1 Å². The summed E-state index contributed by atoms with van der Waals surface area (Å²) in [7, 11) is -1.44. The van der Waals surface area contributed by atoms with Gasteiger partial charge in [-0.3, -0.25) is 10.1 Å². The summed E-state index contributed by atoms with van der Waals surface area (Å²) < 4.78 is 4.45. The van der Waals surface area contributed by atoms with Crippen LogP contribution in [0.4, 0.5) is 5.69 Å². The Bertz CT molecular complexity index is 379. The minimum Gasteiger partial charge on any atom is -0.329 e. The predicted octanol–water partition coefficient (Wildman–Crippen LogP) is 2.85. The molecule has 1 aromatic rings. The Hall–Kier alpha value is -1.49. The zero-order valence-corrected chi connectivity index (χ0v) is 10.1. The maximum atomic E-state index is 10.4. The van der Waals surface area contributed by atoms with Crippen molar-refractivity contribution in [2.75, 3.05) is 0 Å². The third-order valence-corrected chi connectivity index (χ3v) is 2.61. The quantitative estimate of drug-likeness (QED) is 0.342. The number of rotatable bonds is 3. The molecule has 1 aromatic carbocycles. The highest BCUT2D eigenvalue weighted by atomic mass is 28.3. The van der Waals surface area contributed by atoms with Gasteiger partial charge in [0, 0.05) is 18.3 Å². The minimum atomic E-state index is -1.44. The van der Waals surface area contributed by atoms with Crippen molar-refractivity contribution in [2.45, 2.75) is 19.6 Å². The highest BCUT2D eigenvalue weighted by Crippen LogP contribution is 2.11. The lowest BCUT2D eigenvalue weighted by Gasteiger charge is -2.07. The Morgan fingerprint density at radius 3 is 2.20 bits per heavy atom. The van der Waals surface area contributed by atoms with E-state index in [0.717, 1.165) is 5.56 Å². The zero-order chi connectivity index (χ0) is 11.5. The van der Waals surface area contributed by atoms with Crippen LogP contribution < -0.4 is 0 Å². The molecule has 0 bridgehead atoms. The van der Waals surface area contributed by atoms with Crippen LogP contribution in [0.5, 0.6) is 0 Å². The lowest BCUT2D eigenvalue weighted by atomic mass is 10.2. The molecule has 1 rings (SSSR count). The van der Waals surface area contributed by atoms with Gasteiger partial charge in [0.05, 0.1) is 4.92 Å². The Labute approximate surface area is 89.9 Å². The Morgan fingerprint density at radius 2 is 1.80 bits per heavy atom. The fraction of sp³-hybridized carbons (Fsp3) is 0.300. The summed E-state index contributed by atoms with van der Waals surface area (Å²) in [6.07, 6.45) is 1.79. The molecule has 0 aromatic heterocycles. The number of nitrogens with zero attached hydrogens (tertiary/aromatic N) is 2. The van der Waals surface area contributed by atoms with Crippen LogP contribution in [0.25, 0.3) is 0 Å². The Morgan fingerprint density at radius 1 is 1.27 bits per heavy atom. The highest BCUT2D eigenvalue weighted by Gasteiger charge is 2.09. The van der Waals surface area contributed by atoms with Gasteiger partial charge in [0.2, 0.25) is 0 Å². The van der Waals surface area contributed by atoms with Gasteiger partial charge in [-0.25, -0.2) is 0 Å². The Balaban J connectivity index is 2.82. The molecule has 0 atom stereocenters. The van der Waals surface area contributed by atoms with Crippen molar-refractivity contribution < 1.29 is 4.92 Å². The molecule has 0 amide bonds. The largest absolute Gasteiger partial charge is 0.329 e. The van der Waals surface area contributed by atoms with Crippen LogP contribution in [-0.2, 0) is 0 Å². The second-order valence-corrected chi connectivity index (χ2v) is 8.88. The van der Waals surface area contributed by atoms with Gasteiger partial charge in [-0.2, -0.15) is 0 Å². The normalized spacial score (nSPS) is 11.9. The fourth-order valence-electron chi connectivity index (χ4n) is 0.950. The van der Waals surface area contributed by atoms with Gasteiger partial charge in [0.25, 0.3) is 5.69 Å². The maximum absolute atomic E-state index is 10.4. The van der Waals surface area contributed by atoms with E-state index in [4.69, 9.17) is 0 Å². The average Bonchev–Trinajstić information content (AvgIpc) is 2.14. The first kappa shape index (κ1) is 11.6. The third-order valence-electron chi connectivity index (χ3n) is 1.70. The molecule has 0 fully saturated rings. The number of nitro groups is 1. The molecule has 0 unspecified atom stereocenters. The first-order valence-electron chi connectivity index (χ1n) is 4.68. The van der Waals surface area contributed by atoms with Crippen molar-refractivity contribution in [3.05, 3.63) is 39.9 Å². The van der Waals surface area contributed by atoms with Crippen molar-refractivity contribution in [1.82, 2.24) is 0 Å². The molecule has 0 aliphatic carbocycles. The monoisotopic (exact) mass is 222 g/mol. The second kappa shape index (κ2) is 4.35. The van der Waals surface area contributed by atoms with Gasteiger partial charge in [0.1, 0.15) is 0 Å². The molecular formula is C10H14N2O2Si. The second-order valence-electron chi connectivity index (χ2n) is 4.28. The van der Waals surface area contributed by atoms with E-state index in [2.05, 4.69) is 24.3 Å². The van der Waals surface area contributed by atoms with Crippen molar-refractivity contribution in [2.24, 2.45) is 4.66 Å². The molecule has 80 valence electrons. The topological polar surface area (TPSA) is 55.5 Å². The van der Waals surface area contributed by atoms with E-state index in [1.54, 1.807) is 18.3 Å². The molecule has 0 aliphatic rings. The Kier molecular flexibility index (Phi) is 3.36. The van der Waals surface area contributed by atoms with Gasteiger partial charge >= 0.3 is 0 Å². The molecule has 0 radical (unpaired) electrons. The van der Waals surface area contributed by atoms with Crippen LogP contribution in [0, 0.1) is 10.1 Å². The number of benzene rings is 1. The average molecular weight is 222 g/mol. The zero-order valence-electron chi connectivity index (χ0n) is 9.10. The van der Waals surface area contributed by atoms with Crippen molar-refractivity contribution >= 4 is 20.1 Å². The van der Waals surface area contributed by atoms with Crippen LogP contribution in [-0.4, -0.2) is 19.4 Å². The molecular weight excluding hydrogens is 208 g/mol. The molecule has 5 heteroatoms. The summed E-state index contributed by atoms with van der Waals surface area (Å²) in [5.41, 5.74) is 1.02. The smallest absolute Gasteiger partial charge is 0.269 e. The van der Waals surface area contributed by atoms with Gasteiger partial charge in [-0.15, -0.1) is 0 Å². The molecule has 0 N–H and O–H groups in total. The molecule has 4 nitrogen and oxygen atoms in total. The summed E-state index contributed by atoms with van der Waals surface area (Å²) >= 11 is 0. The molecule has 0 saturated heterocycles. The first-order chi connectivity index (χ1) is 6.88. The number of non-ortho nitro benzene ring substituents is 1. The summed E-state index contributed by atoms with van der Waals surface area (Å²) in [4.78, 5) is 10.0. The van der Waals surface area contributed by atoms with Gasteiger partial charge in [-0.1, -0.05) is 0 Å². The van der Waals surface area contributed by atoms with E-state index in [9.17, 15) is 10.1 Å². The summed E-state index contributed by atoms with van der Waals surface area (Å²) in [5.74, 6) is 0. The number of nitro benzene ring substituents is 1. The van der Waals surface area contributed by atoms with E-state index < -0.39 is 13.2 Å². The number of hydrogen-bond acceptors (Lipinski definition) is 3. The van der Waals surface area contributed by atoms with Crippen LogP contribution >= 0.6 is 0 Å². The lowest BCUT2D eigenvalue weighted by Crippen LogP contribution is -2.16. The van der Waals surface area contributed by atoms with Crippen molar-refractivity contribution in [1.29, 1.82) is 0 Å². The van der Waals surface area contributed by atoms with Gasteiger partial charge in [-0.05, 0) is 37.3 Å². The molecule has 0 saturated carbocycles. The molecule has 0 heterocycles. The minimum absolute atomic E-state index is 0.111. The summed E-state index contributed by atoms with van der Waals surface area (Å²) in [6, 6.07) is 6.40. The third kappa shape index (κ3) is 4.03. The van der Waals surface area contributed by atoms with Crippen molar-refractivity contribution in [3.8, 4) is 0 Å². The van der Waals surface area contributed by atoms with Crippen LogP contribution in [0.3, 0.4) is 0 Å². The molecule has 15 heavy (non-hydrogen) atoms. The maximum Gasteiger partial charge on any atom is 0.269 e. The van der Waals surface area contributed by atoms with E-state index in [0.29, 0.717) is 0 Å².